The maximum atomic E-state index is 3.87. The summed E-state index contributed by atoms with van der Waals surface area (Å²) in [4.78, 5) is 0. The second-order valence-corrected chi connectivity index (χ2v) is 8.75. The summed E-state index contributed by atoms with van der Waals surface area (Å²) >= 11 is 0. The lowest BCUT2D eigenvalue weighted by Crippen LogP contribution is -2.48. The summed E-state index contributed by atoms with van der Waals surface area (Å²) in [6, 6.07) is 1.53. The zero-order valence-electron chi connectivity index (χ0n) is 13.7. The quantitative estimate of drug-likeness (QED) is 0.810. The van der Waals surface area contributed by atoms with Crippen LogP contribution in [0.25, 0.3) is 0 Å². The first-order chi connectivity index (χ1) is 8.75. The van der Waals surface area contributed by atoms with Crippen LogP contribution >= 0.6 is 0 Å². The van der Waals surface area contributed by atoms with Crippen molar-refractivity contribution in [2.45, 2.75) is 90.8 Å². The first kappa shape index (κ1) is 15.3. The lowest BCUT2D eigenvalue weighted by Gasteiger charge is -2.34. The lowest BCUT2D eigenvalue weighted by atomic mass is 9.81. The molecule has 3 unspecified atom stereocenters. The van der Waals surface area contributed by atoms with Gasteiger partial charge in [-0.05, 0) is 50.9 Å². The SMILES string of the molecule is CC(C)(C)CC(C)(C)NCC1CC2CCCCC2N1. The third-order valence-electron chi connectivity index (χ3n) is 4.75. The van der Waals surface area contributed by atoms with Crippen molar-refractivity contribution in [3.05, 3.63) is 0 Å². The van der Waals surface area contributed by atoms with E-state index < -0.39 is 0 Å². The molecule has 2 aliphatic rings. The highest BCUT2D eigenvalue weighted by atomic mass is 15.1. The van der Waals surface area contributed by atoms with Crippen LogP contribution in [-0.2, 0) is 0 Å². The molecule has 0 aromatic heterocycles. The Kier molecular flexibility index (Phi) is 4.62. The van der Waals surface area contributed by atoms with Gasteiger partial charge in [-0.15, -0.1) is 0 Å². The van der Waals surface area contributed by atoms with E-state index in [-0.39, 0.29) is 5.54 Å². The second kappa shape index (κ2) is 5.73. The largest absolute Gasteiger partial charge is 0.310 e. The van der Waals surface area contributed by atoms with Crippen LogP contribution in [0.2, 0.25) is 0 Å². The predicted molar refractivity (Wildman–Crippen MR) is 83.4 cm³/mol. The number of hydrogen-bond donors (Lipinski definition) is 2. The Balaban J connectivity index is 1.76. The first-order valence-electron chi connectivity index (χ1n) is 8.26. The van der Waals surface area contributed by atoms with Gasteiger partial charge in [-0.25, -0.2) is 0 Å². The van der Waals surface area contributed by atoms with Crippen LogP contribution in [0.15, 0.2) is 0 Å². The van der Waals surface area contributed by atoms with Crippen LogP contribution in [0.3, 0.4) is 0 Å². The van der Waals surface area contributed by atoms with Crippen molar-refractivity contribution >= 4 is 0 Å². The van der Waals surface area contributed by atoms with E-state index in [9.17, 15) is 0 Å². The fourth-order valence-electron chi connectivity index (χ4n) is 4.38. The minimum Gasteiger partial charge on any atom is -0.310 e. The molecule has 2 rings (SSSR count). The molecule has 0 amide bonds. The topological polar surface area (TPSA) is 24.1 Å². The molecule has 0 bridgehead atoms. The molecule has 3 atom stereocenters. The highest BCUT2D eigenvalue weighted by Crippen LogP contribution is 2.33. The fourth-order valence-corrected chi connectivity index (χ4v) is 4.38. The summed E-state index contributed by atoms with van der Waals surface area (Å²) in [7, 11) is 0. The molecule has 0 aromatic carbocycles. The Morgan fingerprint density at radius 1 is 1.05 bits per heavy atom. The molecule has 1 aliphatic carbocycles. The highest BCUT2D eigenvalue weighted by molar-refractivity contribution is 4.95. The van der Waals surface area contributed by atoms with Crippen LogP contribution in [0.5, 0.6) is 0 Å². The van der Waals surface area contributed by atoms with Crippen LogP contribution in [-0.4, -0.2) is 24.2 Å². The van der Waals surface area contributed by atoms with Gasteiger partial charge >= 0.3 is 0 Å². The fraction of sp³-hybridized carbons (Fsp3) is 1.00. The summed E-state index contributed by atoms with van der Waals surface area (Å²) < 4.78 is 0. The maximum Gasteiger partial charge on any atom is 0.0198 e. The van der Waals surface area contributed by atoms with E-state index in [1.54, 1.807) is 0 Å². The summed E-state index contributed by atoms with van der Waals surface area (Å²) in [5, 5.41) is 7.67. The normalized spacial score (nSPS) is 32.4. The molecule has 112 valence electrons. The van der Waals surface area contributed by atoms with E-state index >= 15 is 0 Å². The van der Waals surface area contributed by atoms with Crippen molar-refractivity contribution < 1.29 is 0 Å². The van der Waals surface area contributed by atoms with E-state index in [1.165, 1.54) is 38.5 Å². The smallest absolute Gasteiger partial charge is 0.0198 e. The standard InChI is InChI=1S/C17H34N2/c1-16(2,3)12-17(4,5)18-11-14-10-13-8-6-7-9-15(13)19-14/h13-15,18-19H,6-12H2,1-5H3. The van der Waals surface area contributed by atoms with Crippen molar-refractivity contribution in [1.29, 1.82) is 0 Å². The summed E-state index contributed by atoms with van der Waals surface area (Å²) in [6.45, 7) is 12.8. The monoisotopic (exact) mass is 266 g/mol. The van der Waals surface area contributed by atoms with Gasteiger partial charge in [-0.2, -0.15) is 0 Å². The molecule has 1 saturated heterocycles. The average Bonchev–Trinajstić information content (AvgIpc) is 2.66. The molecule has 1 heterocycles. The zero-order chi connectivity index (χ0) is 14.1. The van der Waals surface area contributed by atoms with Gasteiger partial charge < -0.3 is 10.6 Å². The van der Waals surface area contributed by atoms with Gasteiger partial charge in [-0.3, -0.25) is 0 Å². The van der Waals surface area contributed by atoms with Crippen LogP contribution in [0, 0.1) is 11.3 Å². The van der Waals surface area contributed by atoms with Crippen LogP contribution < -0.4 is 10.6 Å². The number of fused-ring (bicyclic) bond motifs is 1. The van der Waals surface area contributed by atoms with Gasteiger partial charge in [0.2, 0.25) is 0 Å². The first-order valence-corrected chi connectivity index (χ1v) is 8.26. The average molecular weight is 266 g/mol. The van der Waals surface area contributed by atoms with Gasteiger partial charge in [0.25, 0.3) is 0 Å². The van der Waals surface area contributed by atoms with Crippen molar-refractivity contribution in [2.24, 2.45) is 11.3 Å². The van der Waals surface area contributed by atoms with Crippen molar-refractivity contribution in [1.82, 2.24) is 10.6 Å². The second-order valence-electron chi connectivity index (χ2n) is 8.75. The minimum atomic E-state index is 0.244. The molecule has 19 heavy (non-hydrogen) atoms. The van der Waals surface area contributed by atoms with Crippen molar-refractivity contribution in [2.75, 3.05) is 6.54 Å². The maximum absolute atomic E-state index is 3.87. The number of nitrogens with one attached hydrogen (secondary N) is 2. The van der Waals surface area contributed by atoms with Gasteiger partial charge in [0, 0.05) is 24.2 Å². The molecule has 1 aliphatic heterocycles. The van der Waals surface area contributed by atoms with Gasteiger partial charge in [0.05, 0.1) is 0 Å². The van der Waals surface area contributed by atoms with E-state index in [4.69, 9.17) is 0 Å². The zero-order valence-corrected chi connectivity index (χ0v) is 13.7. The Morgan fingerprint density at radius 3 is 2.37 bits per heavy atom. The third-order valence-corrected chi connectivity index (χ3v) is 4.75. The van der Waals surface area contributed by atoms with Crippen LogP contribution in [0.1, 0.15) is 73.1 Å². The molecular formula is C17H34N2. The molecule has 2 fully saturated rings. The van der Waals surface area contributed by atoms with Crippen molar-refractivity contribution in [3.63, 3.8) is 0 Å². The summed E-state index contributed by atoms with van der Waals surface area (Å²) in [5.41, 5.74) is 0.640. The predicted octanol–water partition coefficient (Wildman–Crippen LogP) is 3.71. The van der Waals surface area contributed by atoms with E-state index in [0.29, 0.717) is 11.5 Å². The van der Waals surface area contributed by atoms with Gasteiger partial charge in [0.1, 0.15) is 0 Å². The summed E-state index contributed by atoms with van der Waals surface area (Å²) in [6.07, 6.45) is 8.37. The summed E-state index contributed by atoms with van der Waals surface area (Å²) in [5.74, 6) is 0.964. The molecule has 2 N–H and O–H groups in total. The highest BCUT2D eigenvalue weighted by Gasteiger charge is 2.35. The molecular weight excluding hydrogens is 232 g/mol. The molecule has 2 nitrogen and oxygen atoms in total. The Hall–Kier alpha value is -0.0800. The number of rotatable bonds is 4. The van der Waals surface area contributed by atoms with E-state index in [0.717, 1.165) is 18.5 Å². The van der Waals surface area contributed by atoms with E-state index in [1.807, 2.05) is 0 Å². The molecule has 2 heteroatoms. The lowest BCUT2D eigenvalue weighted by molar-refractivity contribution is 0.236. The Labute approximate surface area is 120 Å². The number of hydrogen-bond acceptors (Lipinski definition) is 2. The third kappa shape index (κ3) is 4.75. The molecule has 1 saturated carbocycles. The Bertz CT molecular complexity index is 276. The molecule has 0 radical (unpaired) electrons. The Morgan fingerprint density at radius 2 is 1.74 bits per heavy atom. The van der Waals surface area contributed by atoms with Gasteiger partial charge in [0.15, 0.2) is 0 Å². The molecule has 0 spiro atoms. The van der Waals surface area contributed by atoms with Crippen LogP contribution in [0.4, 0.5) is 0 Å². The molecule has 0 aromatic rings. The van der Waals surface area contributed by atoms with Gasteiger partial charge in [-0.1, -0.05) is 33.6 Å². The minimum absolute atomic E-state index is 0.244. The van der Waals surface area contributed by atoms with E-state index in [2.05, 4.69) is 45.3 Å². The van der Waals surface area contributed by atoms with Crippen molar-refractivity contribution in [3.8, 4) is 0 Å².